The zero-order chi connectivity index (χ0) is 12.3. The van der Waals surface area contributed by atoms with Crippen molar-refractivity contribution < 1.29 is 4.79 Å². The lowest BCUT2D eigenvalue weighted by Gasteiger charge is -2.19. The summed E-state index contributed by atoms with van der Waals surface area (Å²) >= 11 is 0. The van der Waals surface area contributed by atoms with Crippen molar-refractivity contribution in [3.8, 4) is 0 Å². The molecule has 4 N–H and O–H groups in total. The molecule has 1 aromatic heterocycles. The molecule has 1 fully saturated rings. The summed E-state index contributed by atoms with van der Waals surface area (Å²) in [7, 11) is 0. The lowest BCUT2D eigenvalue weighted by atomic mass is 10.1. The number of aromatic nitrogens is 1. The lowest BCUT2D eigenvalue weighted by molar-refractivity contribution is 0.246. The maximum atomic E-state index is 11.8. The third kappa shape index (κ3) is 2.92. The van der Waals surface area contributed by atoms with Gasteiger partial charge in [-0.15, -0.1) is 0 Å². The summed E-state index contributed by atoms with van der Waals surface area (Å²) in [6.07, 6.45) is 3.27. The second kappa shape index (κ2) is 5.11. The minimum absolute atomic E-state index is 0.0617. The van der Waals surface area contributed by atoms with E-state index in [0.29, 0.717) is 5.69 Å². The second-order valence-electron chi connectivity index (χ2n) is 4.23. The molecule has 6 nitrogen and oxygen atoms in total. The number of rotatable bonds is 2. The zero-order valence-corrected chi connectivity index (χ0v) is 9.90. The quantitative estimate of drug-likeness (QED) is 0.600. The molecule has 2 atom stereocenters. The van der Waals surface area contributed by atoms with Crippen LogP contribution in [-0.4, -0.2) is 29.1 Å². The van der Waals surface area contributed by atoms with Gasteiger partial charge in [0.2, 0.25) is 0 Å². The molecule has 2 rings (SSSR count). The number of carbonyl (C=O) groups is 1. The molecule has 0 bridgehead atoms. The first-order chi connectivity index (χ1) is 8.16. The van der Waals surface area contributed by atoms with E-state index in [1.807, 2.05) is 13.8 Å². The predicted octanol–water partition coefficient (Wildman–Crippen LogP) is 0.456. The summed E-state index contributed by atoms with van der Waals surface area (Å²) in [5.74, 6) is 0. The van der Waals surface area contributed by atoms with Crippen LogP contribution < -0.4 is 21.5 Å². The Kier molecular flexibility index (Phi) is 3.55. The Morgan fingerprint density at radius 3 is 2.65 bits per heavy atom. The maximum Gasteiger partial charge on any atom is 0.319 e. The Hall–Kier alpha value is -1.66. The van der Waals surface area contributed by atoms with Gasteiger partial charge in [-0.05, 0) is 26.0 Å². The highest BCUT2D eigenvalue weighted by Crippen LogP contribution is 2.07. The van der Waals surface area contributed by atoms with Crippen LogP contribution in [-0.2, 0) is 0 Å². The fourth-order valence-electron chi connectivity index (χ4n) is 1.88. The first kappa shape index (κ1) is 11.8. The average Bonchev–Trinajstić information content (AvgIpc) is 2.62. The number of hydrogen-bond donors (Lipinski definition) is 4. The van der Waals surface area contributed by atoms with Gasteiger partial charge < -0.3 is 10.6 Å². The summed E-state index contributed by atoms with van der Waals surface area (Å²) in [5.41, 5.74) is 6.85. The van der Waals surface area contributed by atoms with E-state index in [4.69, 9.17) is 0 Å². The van der Waals surface area contributed by atoms with Crippen molar-refractivity contribution in [1.29, 1.82) is 0 Å². The summed E-state index contributed by atoms with van der Waals surface area (Å²) < 4.78 is 0. The topological polar surface area (TPSA) is 78.1 Å². The highest BCUT2D eigenvalue weighted by atomic mass is 16.2. The van der Waals surface area contributed by atoms with Gasteiger partial charge in [-0.1, -0.05) is 0 Å². The third-order valence-electron chi connectivity index (χ3n) is 2.83. The van der Waals surface area contributed by atoms with Gasteiger partial charge in [-0.25, -0.2) is 4.79 Å². The Morgan fingerprint density at radius 2 is 2.06 bits per heavy atom. The SMILES string of the molecule is CC1NNC(C)C1NC(=O)Nc1cccnc1. The van der Waals surface area contributed by atoms with Crippen molar-refractivity contribution in [3.63, 3.8) is 0 Å². The fraction of sp³-hybridized carbons (Fsp3) is 0.455. The van der Waals surface area contributed by atoms with Crippen molar-refractivity contribution >= 4 is 11.7 Å². The fourth-order valence-corrected chi connectivity index (χ4v) is 1.88. The van der Waals surface area contributed by atoms with Crippen molar-refractivity contribution in [2.24, 2.45) is 0 Å². The molecule has 92 valence electrons. The Morgan fingerprint density at radius 1 is 1.35 bits per heavy atom. The highest BCUT2D eigenvalue weighted by Gasteiger charge is 2.30. The molecule has 2 unspecified atom stereocenters. The number of hydrogen-bond acceptors (Lipinski definition) is 4. The molecule has 0 radical (unpaired) electrons. The van der Waals surface area contributed by atoms with Gasteiger partial charge >= 0.3 is 6.03 Å². The van der Waals surface area contributed by atoms with E-state index < -0.39 is 0 Å². The highest BCUT2D eigenvalue weighted by molar-refractivity contribution is 5.89. The van der Waals surface area contributed by atoms with Crippen LogP contribution in [0.25, 0.3) is 0 Å². The first-order valence-electron chi connectivity index (χ1n) is 5.65. The number of urea groups is 1. The molecule has 0 saturated carbocycles. The van der Waals surface area contributed by atoms with Crippen molar-refractivity contribution in [3.05, 3.63) is 24.5 Å². The van der Waals surface area contributed by atoms with Crippen LogP contribution in [0.15, 0.2) is 24.5 Å². The van der Waals surface area contributed by atoms with E-state index in [1.165, 1.54) is 0 Å². The van der Waals surface area contributed by atoms with E-state index in [1.54, 1.807) is 24.5 Å². The monoisotopic (exact) mass is 235 g/mol. The maximum absolute atomic E-state index is 11.8. The third-order valence-corrected chi connectivity index (χ3v) is 2.83. The van der Waals surface area contributed by atoms with Crippen LogP contribution in [0.4, 0.5) is 10.5 Å². The van der Waals surface area contributed by atoms with Gasteiger partial charge in [0, 0.05) is 18.3 Å². The smallest absolute Gasteiger partial charge is 0.319 e. The number of nitrogens with zero attached hydrogens (tertiary/aromatic N) is 1. The van der Waals surface area contributed by atoms with Gasteiger partial charge in [0.1, 0.15) is 0 Å². The van der Waals surface area contributed by atoms with Crippen molar-refractivity contribution in [2.45, 2.75) is 32.0 Å². The van der Waals surface area contributed by atoms with Crippen molar-refractivity contribution in [1.82, 2.24) is 21.2 Å². The van der Waals surface area contributed by atoms with Crippen LogP contribution >= 0.6 is 0 Å². The van der Waals surface area contributed by atoms with Crippen LogP contribution in [0.2, 0.25) is 0 Å². The normalized spacial score (nSPS) is 27.8. The first-order valence-corrected chi connectivity index (χ1v) is 5.65. The summed E-state index contributed by atoms with van der Waals surface area (Å²) in [6, 6.07) is 3.82. The minimum Gasteiger partial charge on any atom is -0.332 e. The molecule has 1 aromatic rings. The van der Waals surface area contributed by atoms with Crippen LogP contribution in [0.5, 0.6) is 0 Å². The van der Waals surface area contributed by atoms with E-state index in [-0.39, 0.29) is 24.2 Å². The number of amides is 2. The van der Waals surface area contributed by atoms with Gasteiger partial charge in [0.15, 0.2) is 0 Å². The van der Waals surface area contributed by atoms with E-state index in [0.717, 1.165) is 0 Å². The van der Waals surface area contributed by atoms with E-state index in [9.17, 15) is 4.79 Å². The molecule has 17 heavy (non-hydrogen) atoms. The molecule has 2 amide bonds. The molecule has 0 spiro atoms. The number of pyridine rings is 1. The average molecular weight is 235 g/mol. The molecule has 1 aliphatic rings. The number of nitrogens with one attached hydrogen (secondary N) is 4. The molecule has 0 aliphatic carbocycles. The summed E-state index contributed by atoms with van der Waals surface area (Å²) in [6.45, 7) is 4.04. The number of carbonyl (C=O) groups excluding carboxylic acids is 1. The Bertz CT molecular complexity index is 373. The zero-order valence-electron chi connectivity index (χ0n) is 9.90. The molecule has 6 heteroatoms. The second-order valence-corrected chi connectivity index (χ2v) is 4.23. The van der Waals surface area contributed by atoms with Gasteiger partial charge in [0.05, 0.1) is 17.9 Å². The molecule has 0 aromatic carbocycles. The van der Waals surface area contributed by atoms with Crippen LogP contribution in [0, 0.1) is 0 Å². The van der Waals surface area contributed by atoms with E-state index in [2.05, 4.69) is 26.5 Å². The predicted molar refractivity (Wildman–Crippen MR) is 65.4 cm³/mol. The summed E-state index contributed by atoms with van der Waals surface area (Å²) in [4.78, 5) is 15.7. The van der Waals surface area contributed by atoms with Crippen LogP contribution in [0.1, 0.15) is 13.8 Å². The number of hydrazine groups is 1. The summed E-state index contributed by atoms with van der Waals surface area (Å²) in [5, 5.41) is 5.67. The largest absolute Gasteiger partial charge is 0.332 e. The van der Waals surface area contributed by atoms with Gasteiger partial charge in [0.25, 0.3) is 0 Å². The Balaban J connectivity index is 1.89. The Labute approximate surface area is 100 Å². The minimum atomic E-state index is -0.216. The molecule has 1 saturated heterocycles. The van der Waals surface area contributed by atoms with E-state index >= 15 is 0 Å². The standard InChI is InChI=1S/C11H17N5O/c1-7-10(8(2)16-15-7)14-11(17)13-9-4-3-5-12-6-9/h3-8,10,15-16H,1-2H3,(H2,13,14,17). The molecular formula is C11H17N5O. The van der Waals surface area contributed by atoms with Crippen LogP contribution in [0.3, 0.4) is 0 Å². The molecule has 1 aliphatic heterocycles. The molecular weight excluding hydrogens is 218 g/mol. The lowest BCUT2D eigenvalue weighted by Crippen LogP contribution is -2.47. The van der Waals surface area contributed by atoms with Crippen molar-refractivity contribution in [2.75, 3.05) is 5.32 Å². The number of anilines is 1. The molecule has 2 heterocycles. The van der Waals surface area contributed by atoms with Gasteiger partial charge in [-0.2, -0.15) is 0 Å². The van der Waals surface area contributed by atoms with Gasteiger partial charge in [-0.3, -0.25) is 15.8 Å².